The van der Waals surface area contributed by atoms with Crippen molar-refractivity contribution in [2.24, 2.45) is 7.05 Å². The van der Waals surface area contributed by atoms with Gasteiger partial charge < -0.3 is 5.32 Å². The molecule has 5 nitrogen and oxygen atoms in total. The zero-order valence-electron chi connectivity index (χ0n) is 10.9. The lowest BCUT2D eigenvalue weighted by Gasteiger charge is -2.13. The van der Waals surface area contributed by atoms with Crippen molar-refractivity contribution < 1.29 is 0 Å². The molecule has 1 unspecified atom stereocenters. The van der Waals surface area contributed by atoms with Crippen LogP contribution < -0.4 is 5.32 Å². The molecule has 2 heterocycles. The predicted molar refractivity (Wildman–Crippen MR) is 73.6 cm³/mol. The number of para-hydroxylation sites is 1. The average molecular weight is 253 g/mol. The second-order valence-corrected chi connectivity index (χ2v) is 4.42. The molecule has 2 aromatic heterocycles. The van der Waals surface area contributed by atoms with Crippen molar-refractivity contribution in [2.75, 3.05) is 7.05 Å². The number of nitrogens with one attached hydrogen (secondary N) is 1. The Hall–Kier alpha value is -2.27. The van der Waals surface area contributed by atoms with Gasteiger partial charge >= 0.3 is 0 Å². The number of hydrogen-bond donors (Lipinski definition) is 1. The first kappa shape index (κ1) is 11.8. The molecule has 0 aliphatic carbocycles. The van der Waals surface area contributed by atoms with Crippen molar-refractivity contribution >= 4 is 10.9 Å². The van der Waals surface area contributed by atoms with Gasteiger partial charge in [-0.15, -0.1) is 0 Å². The predicted octanol–water partition coefficient (Wildman–Crippen LogP) is 1.67. The molecule has 0 radical (unpaired) electrons. The van der Waals surface area contributed by atoms with E-state index in [0.29, 0.717) is 0 Å². The molecule has 19 heavy (non-hydrogen) atoms. The molecule has 0 bridgehead atoms. The third-order valence-electron chi connectivity index (χ3n) is 3.26. The van der Waals surface area contributed by atoms with Gasteiger partial charge in [-0.1, -0.05) is 18.2 Å². The first-order valence-corrected chi connectivity index (χ1v) is 6.15. The van der Waals surface area contributed by atoms with Crippen LogP contribution in [0.1, 0.15) is 17.3 Å². The molecule has 0 saturated heterocycles. The van der Waals surface area contributed by atoms with E-state index in [2.05, 4.69) is 32.5 Å². The molecule has 5 heteroatoms. The highest BCUT2D eigenvalue weighted by Gasteiger charge is 2.19. The summed E-state index contributed by atoms with van der Waals surface area (Å²) in [6, 6.07) is 8.20. The van der Waals surface area contributed by atoms with Crippen LogP contribution in [0.3, 0.4) is 0 Å². The van der Waals surface area contributed by atoms with Gasteiger partial charge in [-0.2, -0.15) is 5.10 Å². The Morgan fingerprint density at radius 3 is 2.63 bits per heavy atom. The summed E-state index contributed by atoms with van der Waals surface area (Å²) in [6.45, 7) is 0. The Bertz CT molecular complexity index is 689. The van der Waals surface area contributed by atoms with Crippen LogP contribution in [0.5, 0.6) is 0 Å². The van der Waals surface area contributed by atoms with Gasteiger partial charge in [-0.3, -0.25) is 4.68 Å². The van der Waals surface area contributed by atoms with E-state index < -0.39 is 0 Å². The highest BCUT2D eigenvalue weighted by atomic mass is 15.3. The van der Waals surface area contributed by atoms with Gasteiger partial charge in [0.1, 0.15) is 6.33 Å². The zero-order valence-corrected chi connectivity index (χ0v) is 10.9. The molecule has 3 rings (SSSR count). The Labute approximate surface area is 111 Å². The summed E-state index contributed by atoms with van der Waals surface area (Å²) < 4.78 is 1.90. The van der Waals surface area contributed by atoms with Crippen LogP contribution in [0.4, 0.5) is 0 Å². The van der Waals surface area contributed by atoms with Crippen molar-refractivity contribution in [1.82, 2.24) is 25.1 Å². The maximum Gasteiger partial charge on any atom is 0.115 e. The highest BCUT2D eigenvalue weighted by molar-refractivity contribution is 5.82. The molecular weight excluding hydrogens is 238 g/mol. The summed E-state index contributed by atoms with van der Waals surface area (Å²) in [5.74, 6) is 0. The summed E-state index contributed by atoms with van der Waals surface area (Å²) in [4.78, 5) is 8.16. The summed E-state index contributed by atoms with van der Waals surface area (Å²) in [6.07, 6.45) is 5.17. The first-order chi connectivity index (χ1) is 9.31. The second kappa shape index (κ2) is 4.78. The van der Waals surface area contributed by atoms with E-state index in [1.165, 1.54) is 6.33 Å². The fourth-order valence-electron chi connectivity index (χ4n) is 2.38. The molecule has 0 spiro atoms. The standard InChI is InChI=1S/C14H15N5/c1-15-13(10-7-16-9-17-8-10)14-11-5-3-4-6-12(11)19(2)18-14/h3-9,13,15H,1-2H3. The van der Waals surface area contributed by atoms with Crippen molar-refractivity contribution in [3.8, 4) is 0 Å². The van der Waals surface area contributed by atoms with Gasteiger partial charge in [0.25, 0.3) is 0 Å². The maximum absolute atomic E-state index is 4.64. The molecule has 0 fully saturated rings. The van der Waals surface area contributed by atoms with E-state index >= 15 is 0 Å². The molecule has 0 saturated carbocycles. The van der Waals surface area contributed by atoms with Crippen molar-refractivity contribution in [1.29, 1.82) is 0 Å². The lowest BCUT2D eigenvalue weighted by Crippen LogP contribution is -2.19. The summed E-state index contributed by atoms with van der Waals surface area (Å²) in [7, 11) is 3.88. The lowest BCUT2D eigenvalue weighted by molar-refractivity contribution is 0.643. The molecule has 96 valence electrons. The molecule has 1 aromatic carbocycles. The fourth-order valence-corrected chi connectivity index (χ4v) is 2.38. The summed E-state index contributed by atoms with van der Waals surface area (Å²) >= 11 is 0. The van der Waals surface area contributed by atoms with Crippen LogP contribution in [0.2, 0.25) is 0 Å². The molecule has 3 aromatic rings. The van der Waals surface area contributed by atoms with E-state index in [9.17, 15) is 0 Å². The number of aryl methyl sites for hydroxylation is 1. The van der Waals surface area contributed by atoms with Crippen molar-refractivity contribution in [3.05, 3.63) is 54.2 Å². The average Bonchev–Trinajstić information content (AvgIpc) is 2.79. The number of rotatable bonds is 3. The molecule has 0 aliphatic heterocycles. The fraction of sp³-hybridized carbons (Fsp3) is 0.214. The van der Waals surface area contributed by atoms with Gasteiger partial charge in [0, 0.05) is 30.4 Å². The van der Waals surface area contributed by atoms with Crippen LogP contribution in [-0.2, 0) is 7.05 Å². The van der Waals surface area contributed by atoms with E-state index in [-0.39, 0.29) is 6.04 Å². The van der Waals surface area contributed by atoms with Gasteiger partial charge in [0.2, 0.25) is 0 Å². The lowest BCUT2D eigenvalue weighted by atomic mass is 10.0. The topological polar surface area (TPSA) is 55.6 Å². The molecular formula is C14H15N5. The van der Waals surface area contributed by atoms with Crippen LogP contribution in [-0.4, -0.2) is 26.8 Å². The SMILES string of the molecule is CNC(c1cncnc1)c1nn(C)c2ccccc12. The maximum atomic E-state index is 4.64. The highest BCUT2D eigenvalue weighted by Crippen LogP contribution is 2.26. The summed E-state index contributed by atoms with van der Waals surface area (Å²) in [5.41, 5.74) is 3.12. The minimum Gasteiger partial charge on any atom is -0.308 e. The Morgan fingerprint density at radius 2 is 1.89 bits per heavy atom. The molecule has 0 aliphatic rings. The third kappa shape index (κ3) is 1.98. The normalized spacial score (nSPS) is 12.7. The minimum absolute atomic E-state index is 0.00713. The van der Waals surface area contributed by atoms with Crippen LogP contribution >= 0.6 is 0 Å². The third-order valence-corrected chi connectivity index (χ3v) is 3.26. The van der Waals surface area contributed by atoms with E-state index in [1.54, 1.807) is 0 Å². The Balaban J connectivity index is 2.17. The number of nitrogens with zero attached hydrogens (tertiary/aromatic N) is 4. The quantitative estimate of drug-likeness (QED) is 0.771. The number of fused-ring (bicyclic) bond motifs is 1. The van der Waals surface area contributed by atoms with Gasteiger partial charge in [0.15, 0.2) is 0 Å². The minimum atomic E-state index is -0.00713. The second-order valence-electron chi connectivity index (χ2n) is 4.42. The van der Waals surface area contributed by atoms with Gasteiger partial charge in [0.05, 0.1) is 17.3 Å². The van der Waals surface area contributed by atoms with Crippen LogP contribution in [0.15, 0.2) is 43.0 Å². The smallest absolute Gasteiger partial charge is 0.115 e. The number of benzene rings is 1. The van der Waals surface area contributed by atoms with E-state index in [1.807, 2.05) is 43.3 Å². The van der Waals surface area contributed by atoms with Gasteiger partial charge in [-0.05, 0) is 13.1 Å². The Morgan fingerprint density at radius 1 is 1.16 bits per heavy atom. The summed E-state index contributed by atoms with van der Waals surface area (Å²) in [5, 5.41) is 9.07. The first-order valence-electron chi connectivity index (χ1n) is 6.15. The van der Waals surface area contributed by atoms with Crippen molar-refractivity contribution in [3.63, 3.8) is 0 Å². The number of aromatic nitrogens is 4. The zero-order chi connectivity index (χ0) is 13.2. The number of hydrogen-bond acceptors (Lipinski definition) is 4. The monoisotopic (exact) mass is 253 g/mol. The molecule has 0 amide bonds. The Kier molecular flexibility index (Phi) is 2.97. The molecule has 1 N–H and O–H groups in total. The largest absolute Gasteiger partial charge is 0.308 e. The molecule has 1 atom stereocenters. The van der Waals surface area contributed by atoms with Crippen LogP contribution in [0, 0.1) is 0 Å². The van der Waals surface area contributed by atoms with Crippen LogP contribution in [0.25, 0.3) is 10.9 Å². The van der Waals surface area contributed by atoms with E-state index in [0.717, 1.165) is 22.2 Å². The van der Waals surface area contributed by atoms with E-state index in [4.69, 9.17) is 0 Å². The van der Waals surface area contributed by atoms with Gasteiger partial charge in [-0.25, -0.2) is 9.97 Å². The van der Waals surface area contributed by atoms with Crippen molar-refractivity contribution in [2.45, 2.75) is 6.04 Å².